The van der Waals surface area contributed by atoms with E-state index in [1.807, 2.05) is 18.2 Å². The topological polar surface area (TPSA) is 68.7 Å². The maximum atomic E-state index is 12.3. The van der Waals surface area contributed by atoms with Crippen LogP contribution in [0.15, 0.2) is 40.8 Å². The molecule has 1 aromatic heterocycles. The summed E-state index contributed by atoms with van der Waals surface area (Å²) in [4.78, 5) is 14.0. The highest BCUT2D eigenvalue weighted by atomic mass is 16.5. The summed E-state index contributed by atoms with van der Waals surface area (Å²) in [6.07, 6.45) is 0. The van der Waals surface area contributed by atoms with Gasteiger partial charge in [-0.05, 0) is 24.3 Å². The Balaban J connectivity index is 1.83. The number of anilines is 1. The summed E-state index contributed by atoms with van der Waals surface area (Å²) in [5.41, 5.74) is 7.34. The lowest BCUT2D eigenvalue weighted by molar-refractivity contribution is 0.0283. The quantitative estimate of drug-likeness (QED) is 0.849. The zero-order chi connectivity index (χ0) is 13.9. The zero-order valence-electron chi connectivity index (χ0n) is 11.0. The predicted octanol–water partition coefficient (Wildman–Crippen LogP) is 2.00. The molecule has 2 N–H and O–H groups in total. The molecule has 1 aliphatic rings. The monoisotopic (exact) mass is 272 g/mol. The summed E-state index contributed by atoms with van der Waals surface area (Å²) in [5.74, 6) is 0.846. The van der Waals surface area contributed by atoms with E-state index in [9.17, 15) is 4.79 Å². The van der Waals surface area contributed by atoms with E-state index >= 15 is 0 Å². The first-order valence-electron chi connectivity index (χ1n) is 6.57. The van der Waals surface area contributed by atoms with E-state index in [1.165, 1.54) is 0 Å². The molecule has 0 bridgehead atoms. The van der Waals surface area contributed by atoms with Crippen LogP contribution in [0, 0.1) is 0 Å². The SMILES string of the molecule is Nc1ccccc1-c1ccc(C(=O)N2CCOCC2)o1. The number of furan rings is 1. The normalized spacial score (nSPS) is 15.3. The molecule has 104 valence electrons. The van der Waals surface area contributed by atoms with Crippen LogP contribution in [0.5, 0.6) is 0 Å². The van der Waals surface area contributed by atoms with Crippen molar-refractivity contribution in [3.05, 3.63) is 42.2 Å². The summed E-state index contributed by atoms with van der Waals surface area (Å²) in [7, 11) is 0. The first kappa shape index (κ1) is 12.7. The first-order chi connectivity index (χ1) is 9.75. The molecule has 0 spiro atoms. The van der Waals surface area contributed by atoms with E-state index in [4.69, 9.17) is 14.9 Å². The van der Waals surface area contributed by atoms with Gasteiger partial charge in [-0.1, -0.05) is 12.1 Å². The summed E-state index contributed by atoms with van der Waals surface area (Å²) in [5, 5.41) is 0. The highest BCUT2D eigenvalue weighted by Gasteiger charge is 2.21. The lowest BCUT2D eigenvalue weighted by Crippen LogP contribution is -2.40. The smallest absolute Gasteiger partial charge is 0.289 e. The molecule has 1 saturated heterocycles. The fourth-order valence-corrected chi connectivity index (χ4v) is 2.24. The van der Waals surface area contributed by atoms with E-state index in [-0.39, 0.29) is 5.91 Å². The van der Waals surface area contributed by atoms with Gasteiger partial charge >= 0.3 is 0 Å². The van der Waals surface area contributed by atoms with Crippen molar-refractivity contribution in [2.75, 3.05) is 32.0 Å². The summed E-state index contributed by atoms with van der Waals surface area (Å²) in [6, 6.07) is 10.9. The van der Waals surface area contributed by atoms with Crippen molar-refractivity contribution in [1.82, 2.24) is 4.90 Å². The molecule has 5 nitrogen and oxygen atoms in total. The molecule has 0 aliphatic carbocycles. The molecule has 2 heterocycles. The van der Waals surface area contributed by atoms with Gasteiger partial charge < -0.3 is 19.8 Å². The number of hydrogen-bond donors (Lipinski definition) is 1. The second-order valence-electron chi connectivity index (χ2n) is 4.66. The number of morpholine rings is 1. The Hall–Kier alpha value is -2.27. The van der Waals surface area contributed by atoms with Crippen molar-refractivity contribution in [2.45, 2.75) is 0 Å². The van der Waals surface area contributed by atoms with Crippen molar-refractivity contribution >= 4 is 11.6 Å². The highest BCUT2D eigenvalue weighted by Crippen LogP contribution is 2.27. The minimum atomic E-state index is -0.103. The molecule has 1 fully saturated rings. The maximum Gasteiger partial charge on any atom is 0.289 e. The van der Waals surface area contributed by atoms with Crippen molar-refractivity contribution in [3.8, 4) is 11.3 Å². The van der Waals surface area contributed by atoms with Gasteiger partial charge in [0.25, 0.3) is 5.91 Å². The molecule has 1 amide bonds. The number of rotatable bonds is 2. The number of nitrogen functional groups attached to an aromatic ring is 1. The largest absolute Gasteiger partial charge is 0.451 e. The van der Waals surface area contributed by atoms with Crippen LogP contribution in [0.3, 0.4) is 0 Å². The fraction of sp³-hybridized carbons (Fsp3) is 0.267. The second kappa shape index (κ2) is 5.38. The second-order valence-corrected chi connectivity index (χ2v) is 4.66. The molecule has 1 aliphatic heterocycles. The Bertz CT molecular complexity index is 615. The number of amides is 1. The van der Waals surface area contributed by atoms with Crippen LogP contribution in [-0.4, -0.2) is 37.1 Å². The minimum Gasteiger partial charge on any atom is -0.451 e. The van der Waals surface area contributed by atoms with E-state index in [0.717, 1.165) is 5.56 Å². The van der Waals surface area contributed by atoms with Gasteiger partial charge in [0.05, 0.1) is 13.2 Å². The van der Waals surface area contributed by atoms with Gasteiger partial charge in [0.1, 0.15) is 5.76 Å². The van der Waals surface area contributed by atoms with E-state index in [2.05, 4.69) is 0 Å². The number of hydrogen-bond acceptors (Lipinski definition) is 4. The lowest BCUT2D eigenvalue weighted by atomic mass is 10.1. The van der Waals surface area contributed by atoms with Crippen molar-refractivity contribution in [2.24, 2.45) is 0 Å². The van der Waals surface area contributed by atoms with Crippen LogP contribution in [-0.2, 0) is 4.74 Å². The van der Waals surface area contributed by atoms with Gasteiger partial charge in [-0.25, -0.2) is 0 Å². The Kier molecular flexibility index (Phi) is 3.43. The third-order valence-corrected chi connectivity index (χ3v) is 3.34. The van der Waals surface area contributed by atoms with Gasteiger partial charge in [-0.3, -0.25) is 4.79 Å². The van der Waals surface area contributed by atoms with E-state index < -0.39 is 0 Å². The average Bonchev–Trinajstić information content (AvgIpc) is 2.97. The molecule has 20 heavy (non-hydrogen) atoms. The lowest BCUT2D eigenvalue weighted by Gasteiger charge is -2.25. The Morgan fingerprint density at radius 1 is 1.10 bits per heavy atom. The van der Waals surface area contributed by atoms with Crippen LogP contribution in [0.25, 0.3) is 11.3 Å². The Morgan fingerprint density at radius 3 is 2.60 bits per heavy atom. The van der Waals surface area contributed by atoms with Gasteiger partial charge in [-0.2, -0.15) is 0 Å². The van der Waals surface area contributed by atoms with Crippen LogP contribution >= 0.6 is 0 Å². The number of carbonyl (C=O) groups is 1. The fourth-order valence-electron chi connectivity index (χ4n) is 2.24. The van der Waals surface area contributed by atoms with Gasteiger partial charge in [0.15, 0.2) is 5.76 Å². The van der Waals surface area contributed by atoms with Crippen molar-refractivity contribution in [1.29, 1.82) is 0 Å². The number of carbonyl (C=O) groups excluding carboxylic acids is 1. The van der Waals surface area contributed by atoms with E-state index in [1.54, 1.807) is 23.1 Å². The number of benzene rings is 1. The van der Waals surface area contributed by atoms with Gasteiger partial charge in [0.2, 0.25) is 0 Å². The third-order valence-electron chi connectivity index (χ3n) is 3.34. The molecular formula is C15H16N2O3. The van der Waals surface area contributed by atoms with Gasteiger partial charge in [0, 0.05) is 24.3 Å². The predicted molar refractivity (Wildman–Crippen MR) is 75.3 cm³/mol. The average molecular weight is 272 g/mol. The molecule has 0 unspecified atom stereocenters. The van der Waals surface area contributed by atoms with Crippen molar-refractivity contribution < 1.29 is 13.9 Å². The third kappa shape index (κ3) is 2.40. The highest BCUT2D eigenvalue weighted by molar-refractivity contribution is 5.92. The summed E-state index contributed by atoms with van der Waals surface area (Å²) in [6.45, 7) is 2.35. The Morgan fingerprint density at radius 2 is 1.85 bits per heavy atom. The van der Waals surface area contributed by atoms with E-state index in [0.29, 0.717) is 43.5 Å². The van der Waals surface area contributed by atoms with Crippen LogP contribution in [0.4, 0.5) is 5.69 Å². The molecular weight excluding hydrogens is 256 g/mol. The summed E-state index contributed by atoms with van der Waals surface area (Å²) < 4.78 is 10.9. The number of nitrogens with zero attached hydrogens (tertiary/aromatic N) is 1. The van der Waals surface area contributed by atoms with Gasteiger partial charge in [-0.15, -0.1) is 0 Å². The Labute approximate surface area is 116 Å². The van der Waals surface area contributed by atoms with Crippen LogP contribution < -0.4 is 5.73 Å². The molecule has 2 aromatic rings. The van der Waals surface area contributed by atoms with Crippen molar-refractivity contribution in [3.63, 3.8) is 0 Å². The van der Waals surface area contributed by atoms with Crippen LogP contribution in [0.2, 0.25) is 0 Å². The summed E-state index contributed by atoms with van der Waals surface area (Å²) >= 11 is 0. The maximum absolute atomic E-state index is 12.3. The molecule has 0 saturated carbocycles. The molecule has 1 aromatic carbocycles. The first-order valence-corrected chi connectivity index (χ1v) is 6.57. The van der Waals surface area contributed by atoms with Crippen LogP contribution in [0.1, 0.15) is 10.6 Å². The standard InChI is InChI=1S/C15H16N2O3/c16-12-4-2-1-3-11(12)13-5-6-14(20-13)15(18)17-7-9-19-10-8-17/h1-6H,7-10,16H2. The molecule has 0 atom stereocenters. The number of para-hydroxylation sites is 1. The number of nitrogens with two attached hydrogens (primary N) is 1. The molecule has 5 heteroatoms. The molecule has 3 rings (SSSR count). The molecule has 0 radical (unpaired) electrons. The number of ether oxygens (including phenoxy) is 1. The zero-order valence-corrected chi connectivity index (χ0v) is 11.0. The minimum absolute atomic E-state index is 0.103.